The van der Waals surface area contributed by atoms with Gasteiger partial charge in [-0.15, -0.1) is 0 Å². The molecule has 1 atom stereocenters. The first-order chi connectivity index (χ1) is 11.9. The van der Waals surface area contributed by atoms with Crippen molar-refractivity contribution >= 4 is 7.92 Å². The van der Waals surface area contributed by atoms with Crippen molar-refractivity contribution in [2.24, 2.45) is 0 Å². The minimum Gasteiger partial charge on any atom is -0.294 e. The van der Waals surface area contributed by atoms with Gasteiger partial charge in [0, 0.05) is 11.8 Å². The molecule has 4 aliphatic rings. The first kappa shape index (κ1) is 17.8. The van der Waals surface area contributed by atoms with Gasteiger partial charge in [-0.2, -0.15) is 0 Å². The molecule has 0 N–H and O–H groups in total. The monoisotopic (exact) mass is 349 g/mol. The van der Waals surface area contributed by atoms with Gasteiger partial charge < -0.3 is 0 Å². The van der Waals surface area contributed by atoms with Gasteiger partial charge in [0.2, 0.25) is 0 Å². The molecule has 3 saturated carbocycles. The molecule has 0 aromatic heterocycles. The van der Waals surface area contributed by atoms with Gasteiger partial charge in [0.25, 0.3) is 0 Å². The van der Waals surface area contributed by atoms with Gasteiger partial charge in [0.1, 0.15) is 0 Å². The lowest BCUT2D eigenvalue weighted by molar-refractivity contribution is 0.174. The van der Waals surface area contributed by atoms with Crippen LogP contribution in [0.15, 0.2) is 0 Å². The van der Waals surface area contributed by atoms with Gasteiger partial charge in [-0.05, 0) is 69.2 Å². The Morgan fingerprint density at radius 1 is 0.500 bits per heavy atom. The average molecular weight is 350 g/mol. The third kappa shape index (κ3) is 4.03. The van der Waals surface area contributed by atoms with E-state index in [0.29, 0.717) is 0 Å². The van der Waals surface area contributed by atoms with Gasteiger partial charge >= 0.3 is 0 Å². The van der Waals surface area contributed by atoms with E-state index in [9.17, 15) is 0 Å². The average Bonchev–Trinajstić information content (AvgIpc) is 3.14. The molecule has 0 aromatic carbocycles. The van der Waals surface area contributed by atoms with Crippen LogP contribution in [0.25, 0.3) is 0 Å². The molecule has 0 radical (unpaired) electrons. The first-order valence-corrected chi connectivity index (χ1v) is 13.0. The van der Waals surface area contributed by atoms with Crippen molar-refractivity contribution in [1.82, 2.24) is 4.90 Å². The second-order valence-electron chi connectivity index (χ2n) is 9.18. The maximum absolute atomic E-state index is 3.11. The van der Waals surface area contributed by atoms with Gasteiger partial charge in [-0.25, -0.2) is 0 Å². The Kier molecular flexibility index (Phi) is 6.56. The van der Waals surface area contributed by atoms with Crippen molar-refractivity contribution < 1.29 is 0 Å². The van der Waals surface area contributed by atoms with Gasteiger partial charge in [-0.3, -0.25) is 4.90 Å². The fourth-order valence-electron chi connectivity index (χ4n) is 6.47. The Balaban J connectivity index is 1.51. The van der Waals surface area contributed by atoms with Crippen LogP contribution >= 0.6 is 7.92 Å². The van der Waals surface area contributed by atoms with E-state index in [1.165, 1.54) is 57.9 Å². The maximum Gasteiger partial charge on any atom is 0.0305 e. The summed E-state index contributed by atoms with van der Waals surface area (Å²) in [5.41, 5.74) is 2.29. The molecule has 1 nitrogen and oxygen atoms in total. The van der Waals surface area contributed by atoms with Crippen molar-refractivity contribution in [2.75, 3.05) is 6.54 Å². The summed E-state index contributed by atoms with van der Waals surface area (Å²) in [4.78, 5) is 3.11. The second-order valence-corrected chi connectivity index (χ2v) is 12.1. The molecule has 1 aliphatic heterocycles. The highest BCUT2D eigenvalue weighted by atomic mass is 31.1. The quantitative estimate of drug-likeness (QED) is 0.500. The van der Waals surface area contributed by atoms with E-state index in [4.69, 9.17) is 0 Å². The van der Waals surface area contributed by atoms with Crippen molar-refractivity contribution in [1.29, 1.82) is 0 Å². The van der Waals surface area contributed by atoms with Crippen LogP contribution in [0.5, 0.6) is 0 Å². The van der Waals surface area contributed by atoms with Crippen molar-refractivity contribution in [2.45, 2.75) is 132 Å². The highest BCUT2D eigenvalue weighted by Gasteiger charge is 2.42. The molecule has 24 heavy (non-hydrogen) atoms. The van der Waals surface area contributed by atoms with E-state index in [1.54, 1.807) is 57.8 Å². The normalized spacial score (nSPS) is 32.6. The largest absolute Gasteiger partial charge is 0.294 e. The van der Waals surface area contributed by atoms with Gasteiger partial charge in [-0.1, -0.05) is 65.7 Å². The molecule has 3 aliphatic carbocycles. The minimum absolute atomic E-state index is 0.264. The summed E-state index contributed by atoms with van der Waals surface area (Å²) in [7, 11) is 0.264. The second kappa shape index (κ2) is 8.85. The number of rotatable bonds is 4. The van der Waals surface area contributed by atoms with E-state index in [2.05, 4.69) is 4.90 Å². The summed E-state index contributed by atoms with van der Waals surface area (Å²) in [6, 6.07) is 0.975. The SMILES string of the molecule is C1CCC(N2CCCC2P(C2CCCCC2)C2CCCCC2)CC1. The van der Waals surface area contributed by atoms with Crippen molar-refractivity contribution in [3.8, 4) is 0 Å². The van der Waals surface area contributed by atoms with Crippen molar-refractivity contribution in [3.63, 3.8) is 0 Å². The van der Waals surface area contributed by atoms with Crippen LogP contribution in [0.2, 0.25) is 0 Å². The third-order valence-electron chi connectivity index (χ3n) is 7.64. The van der Waals surface area contributed by atoms with Crippen molar-refractivity contribution in [3.05, 3.63) is 0 Å². The predicted octanol–water partition coefficient (Wildman–Crippen LogP) is 6.89. The number of likely N-dealkylation sites (tertiary alicyclic amines) is 1. The van der Waals surface area contributed by atoms with Crippen LogP contribution in [0.4, 0.5) is 0 Å². The van der Waals surface area contributed by atoms with Gasteiger partial charge in [0.15, 0.2) is 0 Å². The fraction of sp³-hybridized carbons (Fsp3) is 1.00. The molecule has 4 fully saturated rings. The molecule has 0 aromatic rings. The summed E-state index contributed by atoms with van der Waals surface area (Å²) in [6.45, 7) is 1.45. The molecule has 138 valence electrons. The number of hydrogen-bond acceptors (Lipinski definition) is 1. The number of nitrogens with zero attached hydrogens (tertiary/aromatic N) is 1. The summed E-state index contributed by atoms with van der Waals surface area (Å²) >= 11 is 0. The Morgan fingerprint density at radius 3 is 1.54 bits per heavy atom. The summed E-state index contributed by atoms with van der Waals surface area (Å²) in [5, 5.41) is 0. The summed E-state index contributed by atoms with van der Waals surface area (Å²) in [5.74, 6) is 1.04. The zero-order valence-corrected chi connectivity index (χ0v) is 16.8. The van der Waals surface area contributed by atoms with Gasteiger partial charge in [0.05, 0.1) is 0 Å². The Bertz CT molecular complexity index is 348. The van der Waals surface area contributed by atoms with Crippen LogP contribution < -0.4 is 0 Å². The molecule has 0 bridgehead atoms. The number of hydrogen-bond donors (Lipinski definition) is 0. The minimum atomic E-state index is 0.264. The van der Waals surface area contributed by atoms with E-state index in [0.717, 1.165) is 23.1 Å². The maximum atomic E-state index is 3.11. The molecular weight excluding hydrogens is 309 g/mol. The molecule has 1 heterocycles. The van der Waals surface area contributed by atoms with Crippen LogP contribution in [-0.2, 0) is 0 Å². The lowest BCUT2D eigenvalue weighted by atomic mass is 9.94. The molecule has 1 saturated heterocycles. The van der Waals surface area contributed by atoms with Crippen LogP contribution in [-0.4, -0.2) is 34.6 Å². The van der Waals surface area contributed by atoms with E-state index >= 15 is 0 Å². The summed E-state index contributed by atoms with van der Waals surface area (Å²) < 4.78 is 0. The molecular formula is C22H40NP. The lowest BCUT2D eigenvalue weighted by Crippen LogP contribution is -2.42. The standard InChI is InChI=1S/C22H40NP/c1-4-11-19(12-5-1)23-18-10-17-22(23)24(20-13-6-2-7-14-20)21-15-8-3-9-16-21/h19-22H,1-18H2. The molecule has 0 amide bonds. The van der Waals surface area contributed by atoms with E-state index < -0.39 is 0 Å². The Morgan fingerprint density at radius 2 is 1.00 bits per heavy atom. The third-order valence-corrected chi connectivity index (χ3v) is 11.6. The highest BCUT2D eigenvalue weighted by Crippen LogP contribution is 2.62. The van der Waals surface area contributed by atoms with E-state index in [-0.39, 0.29) is 7.92 Å². The topological polar surface area (TPSA) is 3.24 Å². The Labute approximate surface area is 152 Å². The predicted molar refractivity (Wildman–Crippen MR) is 107 cm³/mol. The highest BCUT2D eigenvalue weighted by molar-refractivity contribution is 7.59. The van der Waals surface area contributed by atoms with Crippen LogP contribution in [0.1, 0.15) is 109 Å². The zero-order chi connectivity index (χ0) is 16.2. The fourth-order valence-corrected chi connectivity index (χ4v) is 11.1. The van der Waals surface area contributed by atoms with Crippen LogP contribution in [0.3, 0.4) is 0 Å². The first-order valence-electron chi connectivity index (χ1n) is 11.5. The summed E-state index contributed by atoms with van der Waals surface area (Å²) in [6.07, 6.45) is 26.3. The molecule has 0 spiro atoms. The zero-order valence-electron chi connectivity index (χ0n) is 15.9. The molecule has 1 unspecified atom stereocenters. The lowest BCUT2D eigenvalue weighted by Gasteiger charge is -2.47. The smallest absolute Gasteiger partial charge is 0.0305 e. The Hall–Kier alpha value is 0.390. The van der Waals surface area contributed by atoms with E-state index in [1.807, 2.05) is 0 Å². The molecule has 2 heteroatoms. The molecule has 4 rings (SSSR count). The van der Waals surface area contributed by atoms with Crippen LogP contribution in [0, 0.1) is 0 Å².